The number of nitrogens with one attached hydrogen (secondary N) is 1. The molecule has 0 saturated heterocycles. The minimum absolute atomic E-state index is 0.188. The van der Waals surface area contributed by atoms with Gasteiger partial charge >= 0.3 is 0 Å². The van der Waals surface area contributed by atoms with Crippen molar-refractivity contribution in [1.82, 2.24) is 15.0 Å². The standard InChI is InChI=1S/C20H16N4O2S/c1-13-7-5-6-10-16(13)21-18(25)12-24-20(26)15-11-17(27-19(15)22-23-24)14-8-3-2-4-9-14/h2-11H,12H2,1H3,(H,21,25). The Balaban J connectivity index is 1.61. The topological polar surface area (TPSA) is 76.9 Å². The highest BCUT2D eigenvalue weighted by molar-refractivity contribution is 7.21. The third-order valence-corrected chi connectivity index (χ3v) is 5.26. The van der Waals surface area contributed by atoms with Crippen LogP contribution in [0.4, 0.5) is 5.69 Å². The van der Waals surface area contributed by atoms with Crippen LogP contribution in [0.3, 0.4) is 0 Å². The lowest BCUT2D eigenvalue weighted by Crippen LogP contribution is -2.30. The average molecular weight is 376 g/mol. The lowest BCUT2D eigenvalue weighted by Gasteiger charge is -2.08. The summed E-state index contributed by atoms with van der Waals surface area (Å²) in [6.45, 7) is 1.72. The number of aromatic nitrogens is 3. The molecule has 1 N–H and O–H groups in total. The van der Waals surface area contributed by atoms with Crippen LogP contribution in [0.2, 0.25) is 0 Å². The zero-order valence-corrected chi connectivity index (χ0v) is 15.4. The van der Waals surface area contributed by atoms with E-state index in [1.807, 2.05) is 67.6 Å². The number of amides is 1. The van der Waals surface area contributed by atoms with Crippen molar-refractivity contribution < 1.29 is 4.79 Å². The Morgan fingerprint density at radius 2 is 1.85 bits per heavy atom. The highest BCUT2D eigenvalue weighted by atomic mass is 32.1. The Kier molecular flexibility index (Phi) is 4.52. The molecule has 0 radical (unpaired) electrons. The molecule has 7 heteroatoms. The third kappa shape index (κ3) is 3.50. The Labute approximate surface area is 159 Å². The molecule has 0 unspecified atom stereocenters. The van der Waals surface area contributed by atoms with E-state index in [4.69, 9.17) is 0 Å². The van der Waals surface area contributed by atoms with Gasteiger partial charge in [0.2, 0.25) is 5.91 Å². The third-order valence-electron chi connectivity index (χ3n) is 4.19. The number of rotatable bonds is 4. The van der Waals surface area contributed by atoms with Crippen molar-refractivity contribution in [2.45, 2.75) is 13.5 Å². The minimum Gasteiger partial charge on any atom is -0.324 e. The Bertz CT molecular complexity index is 1180. The molecule has 6 nitrogen and oxygen atoms in total. The number of carbonyl (C=O) groups is 1. The van der Waals surface area contributed by atoms with Crippen LogP contribution in [0.15, 0.2) is 65.5 Å². The van der Waals surface area contributed by atoms with Gasteiger partial charge < -0.3 is 5.32 Å². The molecule has 0 aliphatic carbocycles. The zero-order chi connectivity index (χ0) is 18.8. The summed E-state index contributed by atoms with van der Waals surface area (Å²) in [5.41, 5.74) is 2.36. The van der Waals surface area contributed by atoms with Crippen LogP contribution in [0.25, 0.3) is 20.7 Å². The second-order valence-corrected chi connectivity index (χ2v) is 7.14. The monoisotopic (exact) mass is 376 g/mol. The van der Waals surface area contributed by atoms with Crippen molar-refractivity contribution in [3.63, 3.8) is 0 Å². The molecule has 0 aliphatic rings. The molecule has 2 heterocycles. The molecule has 0 fully saturated rings. The smallest absolute Gasteiger partial charge is 0.279 e. The van der Waals surface area contributed by atoms with Gasteiger partial charge in [0.1, 0.15) is 6.54 Å². The number of hydrogen-bond donors (Lipinski definition) is 1. The highest BCUT2D eigenvalue weighted by Crippen LogP contribution is 2.30. The first-order valence-electron chi connectivity index (χ1n) is 8.40. The molecule has 1 amide bonds. The van der Waals surface area contributed by atoms with Crippen LogP contribution in [-0.2, 0) is 11.3 Å². The van der Waals surface area contributed by atoms with Crippen LogP contribution >= 0.6 is 11.3 Å². The molecule has 27 heavy (non-hydrogen) atoms. The predicted molar refractivity (Wildman–Crippen MR) is 107 cm³/mol. The first-order chi connectivity index (χ1) is 13.1. The first kappa shape index (κ1) is 17.1. The van der Waals surface area contributed by atoms with E-state index in [0.717, 1.165) is 20.7 Å². The van der Waals surface area contributed by atoms with E-state index in [9.17, 15) is 9.59 Å². The second-order valence-electron chi connectivity index (χ2n) is 6.11. The summed E-state index contributed by atoms with van der Waals surface area (Å²) in [5, 5.41) is 11.3. The van der Waals surface area contributed by atoms with Crippen molar-refractivity contribution in [1.29, 1.82) is 0 Å². The molecule has 2 aromatic carbocycles. The summed E-state index contributed by atoms with van der Waals surface area (Å²) >= 11 is 1.41. The maximum atomic E-state index is 12.7. The van der Waals surface area contributed by atoms with Crippen molar-refractivity contribution >= 4 is 33.1 Å². The molecule has 0 bridgehead atoms. The zero-order valence-electron chi connectivity index (χ0n) is 14.5. The number of nitrogens with zero attached hydrogens (tertiary/aromatic N) is 3. The van der Waals surface area contributed by atoms with Crippen molar-refractivity contribution in [2.24, 2.45) is 0 Å². The van der Waals surface area contributed by atoms with E-state index in [-0.39, 0.29) is 18.0 Å². The van der Waals surface area contributed by atoms with Crippen molar-refractivity contribution in [2.75, 3.05) is 5.32 Å². The summed E-state index contributed by atoms with van der Waals surface area (Å²) in [4.78, 5) is 26.5. The quantitative estimate of drug-likeness (QED) is 0.592. The number of aryl methyl sites for hydroxylation is 1. The fourth-order valence-corrected chi connectivity index (χ4v) is 3.74. The lowest BCUT2D eigenvalue weighted by molar-refractivity contribution is -0.117. The molecule has 0 spiro atoms. The van der Waals surface area contributed by atoms with Gasteiger partial charge in [-0.3, -0.25) is 9.59 Å². The molecule has 134 valence electrons. The van der Waals surface area contributed by atoms with Gasteiger partial charge in [0.25, 0.3) is 5.56 Å². The van der Waals surface area contributed by atoms with E-state index >= 15 is 0 Å². The summed E-state index contributed by atoms with van der Waals surface area (Å²) in [5.74, 6) is -0.321. The average Bonchev–Trinajstić information content (AvgIpc) is 3.12. The second kappa shape index (κ2) is 7.13. The van der Waals surface area contributed by atoms with Gasteiger partial charge in [-0.05, 0) is 30.2 Å². The Morgan fingerprint density at radius 3 is 2.63 bits per heavy atom. The highest BCUT2D eigenvalue weighted by Gasteiger charge is 2.14. The van der Waals surface area contributed by atoms with Crippen LogP contribution in [0.5, 0.6) is 0 Å². The van der Waals surface area contributed by atoms with Crippen molar-refractivity contribution in [3.8, 4) is 10.4 Å². The number of para-hydroxylation sites is 1. The summed E-state index contributed by atoms with van der Waals surface area (Å²) in [6.07, 6.45) is 0. The number of thiophene rings is 1. The minimum atomic E-state index is -0.321. The molecular formula is C20H16N4O2S. The Morgan fingerprint density at radius 1 is 1.11 bits per heavy atom. The molecule has 4 aromatic rings. The first-order valence-corrected chi connectivity index (χ1v) is 9.22. The Hall–Kier alpha value is -3.32. The van der Waals surface area contributed by atoms with E-state index in [1.165, 1.54) is 11.3 Å². The van der Waals surface area contributed by atoms with Gasteiger partial charge in [-0.15, -0.1) is 16.4 Å². The fourth-order valence-electron chi connectivity index (χ4n) is 2.77. The van der Waals surface area contributed by atoms with Crippen LogP contribution in [-0.4, -0.2) is 20.9 Å². The van der Waals surface area contributed by atoms with Crippen LogP contribution < -0.4 is 10.9 Å². The molecule has 0 saturated carbocycles. The predicted octanol–water partition coefficient (Wildman–Crippen LogP) is 3.47. The van der Waals surface area contributed by atoms with Gasteiger partial charge in [-0.2, -0.15) is 0 Å². The molecule has 0 aliphatic heterocycles. The molecular weight excluding hydrogens is 360 g/mol. The van der Waals surface area contributed by atoms with Gasteiger partial charge in [0, 0.05) is 10.6 Å². The fraction of sp³-hybridized carbons (Fsp3) is 0.100. The summed E-state index contributed by atoms with van der Waals surface area (Å²) in [7, 11) is 0. The number of anilines is 1. The van der Waals surface area contributed by atoms with E-state index in [1.54, 1.807) is 0 Å². The van der Waals surface area contributed by atoms with Gasteiger partial charge in [-0.25, -0.2) is 4.68 Å². The number of hydrogen-bond acceptors (Lipinski definition) is 5. The maximum absolute atomic E-state index is 12.7. The normalized spacial score (nSPS) is 10.9. The van der Waals surface area contributed by atoms with E-state index < -0.39 is 0 Å². The number of carbonyl (C=O) groups excluding carboxylic acids is 1. The number of fused-ring (bicyclic) bond motifs is 1. The van der Waals surface area contributed by atoms with Gasteiger partial charge in [0.15, 0.2) is 4.83 Å². The molecule has 4 rings (SSSR count). The van der Waals surface area contributed by atoms with Gasteiger partial charge in [0.05, 0.1) is 5.39 Å². The number of benzene rings is 2. The largest absolute Gasteiger partial charge is 0.324 e. The molecule has 2 aromatic heterocycles. The summed E-state index contributed by atoms with van der Waals surface area (Å²) < 4.78 is 1.09. The summed E-state index contributed by atoms with van der Waals surface area (Å²) in [6, 6.07) is 19.1. The van der Waals surface area contributed by atoms with Crippen molar-refractivity contribution in [3.05, 3.63) is 76.6 Å². The van der Waals surface area contributed by atoms with E-state index in [2.05, 4.69) is 15.6 Å². The van der Waals surface area contributed by atoms with Crippen LogP contribution in [0.1, 0.15) is 5.56 Å². The van der Waals surface area contributed by atoms with Crippen LogP contribution in [0, 0.1) is 6.92 Å². The lowest BCUT2D eigenvalue weighted by atomic mass is 10.2. The molecule has 0 atom stereocenters. The van der Waals surface area contributed by atoms with Gasteiger partial charge in [-0.1, -0.05) is 53.7 Å². The van der Waals surface area contributed by atoms with E-state index in [0.29, 0.717) is 15.9 Å². The maximum Gasteiger partial charge on any atom is 0.279 e. The SMILES string of the molecule is Cc1ccccc1NC(=O)Cn1nnc2sc(-c3ccccc3)cc2c1=O.